The highest BCUT2D eigenvalue weighted by atomic mass is 35.5. The fourth-order valence-corrected chi connectivity index (χ4v) is 5.22. The molecule has 8 nitrogen and oxygen atoms in total. The highest BCUT2D eigenvalue weighted by Crippen LogP contribution is 2.49. The molecule has 1 spiro atoms. The lowest BCUT2D eigenvalue weighted by molar-refractivity contribution is -0.0421. The zero-order chi connectivity index (χ0) is 23.4. The van der Waals surface area contributed by atoms with E-state index in [1.807, 2.05) is 24.3 Å². The van der Waals surface area contributed by atoms with Crippen molar-refractivity contribution in [2.45, 2.75) is 44.4 Å². The summed E-state index contributed by atoms with van der Waals surface area (Å²) in [6, 6.07) is 11.2. The fraction of sp³-hybridized carbons (Fsp3) is 0.320. The summed E-state index contributed by atoms with van der Waals surface area (Å²) >= 11 is 6.21. The molecule has 0 amide bonds. The van der Waals surface area contributed by atoms with Crippen molar-refractivity contribution in [3.8, 4) is 34.2 Å². The van der Waals surface area contributed by atoms with Crippen LogP contribution in [-0.4, -0.2) is 32.0 Å². The summed E-state index contributed by atoms with van der Waals surface area (Å²) in [5.74, 6) is 3.93. The smallest absolute Gasteiger partial charge is 0.191 e. The Kier molecular flexibility index (Phi) is 4.89. The van der Waals surface area contributed by atoms with Gasteiger partial charge >= 0.3 is 0 Å². The van der Waals surface area contributed by atoms with Crippen LogP contribution < -0.4 is 9.47 Å². The highest BCUT2D eigenvalue weighted by molar-refractivity contribution is 6.30. The third kappa shape index (κ3) is 3.28. The number of hydrogen-bond acceptors (Lipinski definition) is 7. The standard InChI is InChI=1S/C25H23ClN4O4/c1-14-27-13-22(33-14)18-6-4-15(10-20(18)32-2)23-28-29-24-25(8-3-9-30(23)24)12-19(31)17-7-5-16(26)11-21(17)34-25/h4-7,10-11,13,19,31H,3,8-9,12H2,1-2H3. The van der Waals surface area contributed by atoms with Gasteiger partial charge in [-0.3, -0.25) is 0 Å². The summed E-state index contributed by atoms with van der Waals surface area (Å²) in [5, 5.41) is 20.6. The Labute approximate surface area is 201 Å². The van der Waals surface area contributed by atoms with E-state index in [1.54, 1.807) is 32.4 Å². The molecule has 2 atom stereocenters. The van der Waals surface area contributed by atoms with E-state index in [9.17, 15) is 5.11 Å². The maximum Gasteiger partial charge on any atom is 0.191 e. The Morgan fingerprint density at radius 2 is 2.09 bits per heavy atom. The van der Waals surface area contributed by atoms with E-state index >= 15 is 0 Å². The monoisotopic (exact) mass is 478 g/mol. The molecule has 1 N–H and O–H groups in total. The molecule has 2 aliphatic heterocycles. The first-order chi connectivity index (χ1) is 16.5. The van der Waals surface area contributed by atoms with Crippen LogP contribution >= 0.6 is 11.6 Å². The molecule has 4 aromatic rings. The van der Waals surface area contributed by atoms with Crippen LogP contribution in [0, 0.1) is 6.92 Å². The van der Waals surface area contributed by atoms with Crippen molar-refractivity contribution < 1.29 is 19.0 Å². The molecule has 0 saturated carbocycles. The Morgan fingerprint density at radius 3 is 2.88 bits per heavy atom. The number of nitrogens with zero attached hydrogens (tertiary/aromatic N) is 4. The molecule has 174 valence electrons. The summed E-state index contributed by atoms with van der Waals surface area (Å²) in [5.41, 5.74) is 1.67. The summed E-state index contributed by atoms with van der Waals surface area (Å²) in [4.78, 5) is 4.18. The maximum atomic E-state index is 10.9. The van der Waals surface area contributed by atoms with Gasteiger partial charge in [0.15, 0.2) is 28.9 Å². The van der Waals surface area contributed by atoms with Gasteiger partial charge in [-0.15, -0.1) is 10.2 Å². The molecular weight excluding hydrogens is 456 g/mol. The van der Waals surface area contributed by atoms with Gasteiger partial charge < -0.3 is 23.6 Å². The first-order valence-corrected chi connectivity index (χ1v) is 11.6. The molecule has 2 unspecified atom stereocenters. The third-order valence-corrected chi connectivity index (χ3v) is 6.87. The zero-order valence-corrected chi connectivity index (χ0v) is 19.5. The predicted octanol–water partition coefficient (Wildman–Crippen LogP) is 5.08. The van der Waals surface area contributed by atoms with Gasteiger partial charge in [0.2, 0.25) is 0 Å². The molecule has 0 bridgehead atoms. The average Bonchev–Trinajstić information content (AvgIpc) is 3.45. The Balaban J connectivity index is 1.41. The number of aliphatic hydroxyl groups is 1. The SMILES string of the molecule is COc1cc(-c2nnc3n2CCCC32CC(O)c3ccc(Cl)cc3O2)ccc1-c1cnc(C)o1. The number of halogens is 1. The number of fused-ring (bicyclic) bond motifs is 3. The van der Waals surface area contributed by atoms with Gasteiger partial charge in [0.1, 0.15) is 11.5 Å². The number of aromatic nitrogens is 4. The van der Waals surface area contributed by atoms with E-state index in [2.05, 4.69) is 19.7 Å². The maximum absolute atomic E-state index is 10.9. The predicted molar refractivity (Wildman–Crippen MR) is 125 cm³/mol. The van der Waals surface area contributed by atoms with Crippen LogP contribution in [0.3, 0.4) is 0 Å². The van der Waals surface area contributed by atoms with Crippen molar-refractivity contribution in [1.82, 2.24) is 19.7 Å². The van der Waals surface area contributed by atoms with Crippen LogP contribution in [0.1, 0.15) is 42.6 Å². The largest absolute Gasteiger partial charge is 0.496 e. The number of methoxy groups -OCH3 is 1. The minimum absolute atomic E-state index is 0.410. The van der Waals surface area contributed by atoms with Gasteiger partial charge in [-0.1, -0.05) is 23.7 Å². The second-order valence-electron chi connectivity index (χ2n) is 8.76. The molecule has 2 aromatic heterocycles. The topological polar surface area (TPSA) is 95.4 Å². The van der Waals surface area contributed by atoms with E-state index < -0.39 is 11.7 Å². The Morgan fingerprint density at radius 1 is 1.21 bits per heavy atom. The molecule has 6 rings (SSSR count). The van der Waals surface area contributed by atoms with Gasteiger partial charge in [-0.25, -0.2) is 4.98 Å². The van der Waals surface area contributed by atoms with Crippen LogP contribution in [0.15, 0.2) is 47.0 Å². The molecule has 2 aliphatic rings. The summed E-state index contributed by atoms with van der Waals surface area (Å²) in [6.45, 7) is 2.56. The number of rotatable bonds is 3. The molecule has 9 heteroatoms. The quantitative estimate of drug-likeness (QED) is 0.439. The first-order valence-electron chi connectivity index (χ1n) is 11.2. The van der Waals surface area contributed by atoms with Crippen molar-refractivity contribution in [3.05, 3.63) is 64.9 Å². The lowest BCUT2D eigenvalue weighted by Crippen LogP contribution is -2.43. The second kappa shape index (κ2) is 7.85. The third-order valence-electron chi connectivity index (χ3n) is 6.63. The van der Waals surface area contributed by atoms with E-state index in [4.69, 9.17) is 25.5 Å². The lowest BCUT2D eigenvalue weighted by Gasteiger charge is -2.42. The van der Waals surface area contributed by atoms with E-state index in [0.717, 1.165) is 41.9 Å². The minimum Gasteiger partial charge on any atom is -0.496 e. The Hall–Kier alpha value is -3.36. The van der Waals surface area contributed by atoms with Gasteiger partial charge in [0.25, 0.3) is 0 Å². The summed E-state index contributed by atoms with van der Waals surface area (Å²) in [6.07, 6.45) is 3.03. The summed E-state index contributed by atoms with van der Waals surface area (Å²) < 4.78 is 19.9. The number of oxazole rings is 1. The van der Waals surface area contributed by atoms with Crippen LogP contribution in [0.25, 0.3) is 22.7 Å². The lowest BCUT2D eigenvalue weighted by atomic mass is 9.83. The summed E-state index contributed by atoms with van der Waals surface area (Å²) in [7, 11) is 1.62. The van der Waals surface area contributed by atoms with Crippen LogP contribution in [0.5, 0.6) is 11.5 Å². The number of aliphatic hydroxyl groups excluding tert-OH is 1. The molecule has 0 aliphatic carbocycles. The zero-order valence-electron chi connectivity index (χ0n) is 18.8. The van der Waals surface area contributed by atoms with Crippen LogP contribution in [0.4, 0.5) is 0 Å². The molecule has 0 fully saturated rings. The Bertz CT molecular complexity index is 1400. The number of ether oxygens (including phenoxy) is 2. The van der Waals surface area contributed by atoms with Crippen molar-refractivity contribution in [1.29, 1.82) is 0 Å². The van der Waals surface area contributed by atoms with Gasteiger partial charge in [0, 0.05) is 36.0 Å². The molecule has 0 saturated heterocycles. The molecule has 4 heterocycles. The molecule has 2 aromatic carbocycles. The number of hydrogen-bond donors (Lipinski definition) is 1. The van der Waals surface area contributed by atoms with Crippen molar-refractivity contribution in [3.63, 3.8) is 0 Å². The fourth-order valence-electron chi connectivity index (χ4n) is 5.06. The van der Waals surface area contributed by atoms with E-state index in [-0.39, 0.29) is 0 Å². The minimum atomic E-state index is -0.762. The van der Waals surface area contributed by atoms with E-state index in [0.29, 0.717) is 40.4 Å². The van der Waals surface area contributed by atoms with Gasteiger partial charge in [-0.05, 0) is 37.1 Å². The normalized spacial score (nSPS) is 21.1. The van der Waals surface area contributed by atoms with Crippen molar-refractivity contribution in [2.75, 3.05) is 7.11 Å². The second-order valence-corrected chi connectivity index (χ2v) is 9.20. The number of aryl methyl sites for hydroxylation is 1. The number of benzene rings is 2. The van der Waals surface area contributed by atoms with Crippen molar-refractivity contribution >= 4 is 11.6 Å². The molecule has 0 radical (unpaired) electrons. The van der Waals surface area contributed by atoms with Crippen LogP contribution in [0.2, 0.25) is 5.02 Å². The highest BCUT2D eigenvalue weighted by Gasteiger charge is 2.48. The average molecular weight is 479 g/mol. The first kappa shape index (κ1) is 21.2. The van der Waals surface area contributed by atoms with Crippen LogP contribution in [-0.2, 0) is 12.1 Å². The van der Waals surface area contributed by atoms with Gasteiger partial charge in [0.05, 0.1) is 25.0 Å². The van der Waals surface area contributed by atoms with Gasteiger partial charge in [-0.2, -0.15) is 0 Å². The van der Waals surface area contributed by atoms with Crippen molar-refractivity contribution in [2.24, 2.45) is 0 Å². The molecular formula is C25H23ClN4O4. The van der Waals surface area contributed by atoms with E-state index in [1.165, 1.54) is 0 Å². The molecule has 34 heavy (non-hydrogen) atoms.